The molecule has 1 aliphatic rings. The summed E-state index contributed by atoms with van der Waals surface area (Å²) in [4.78, 5) is 0. The van der Waals surface area contributed by atoms with E-state index in [1.807, 2.05) is 6.07 Å². The Morgan fingerprint density at radius 3 is 3.00 bits per heavy atom. The molecule has 0 amide bonds. The van der Waals surface area contributed by atoms with Gasteiger partial charge in [0.2, 0.25) is 0 Å². The van der Waals surface area contributed by atoms with Gasteiger partial charge in [-0.1, -0.05) is 0 Å². The molecule has 2 nitrogen and oxygen atoms in total. The van der Waals surface area contributed by atoms with Crippen LogP contribution in [0.1, 0.15) is 12.0 Å². The van der Waals surface area contributed by atoms with Gasteiger partial charge in [0.05, 0.1) is 11.6 Å². The Labute approximate surface area is 103 Å². The molecule has 1 aromatic rings. The van der Waals surface area contributed by atoms with E-state index in [1.54, 1.807) is 7.11 Å². The fraction of sp³-hybridized carbons (Fsp3) is 0.500. The molecule has 4 heteroatoms. The normalized spacial score (nSPS) is 20.1. The Bertz CT molecular complexity index is 378. The van der Waals surface area contributed by atoms with Crippen molar-refractivity contribution in [1.29, 1.82) is 0 Å². The van der Waals surface area contributed by atoms with Gasteiger partial charge in [0, 0.05) is 6.07 Å². The third-order valence-electron chi connectivity index (χ3n) is 2.99. The van der Waals surface area contributed by atoms with Crippen LogP contribution in [0, 0.1) is 11.7 Å². The van der Waals surface area contributed by atoms with Crippen molar-refractivity contribution >= 4 is 15.9 Å². The van der Waals surface area contributed by atoms with Gasteiger partial charge in [-0.15, -0.1) is 0 Å². The van der Waals surface area contributed by atoms with E-state index in [-0.39, 0.29) is 5.82 Å². The van der Waals surface area contributed by atoms with E-state index in [9.17, 15) is 4.39 Å². The smallest absolute Gasteiger partial charge is 0.135 e. The molecule has 1 aliphatic heterocycles. The van der Waals surface area contributed by atoms with Crippen molar-refractivity contribution in [2.24, 2.45) is 5.92 Å². The molecule has 1 heterocycles. The van der Waals surface area contributed by atoms with Crippen LogP contribution in [-0.2, 0) is 6.42 Å². The van der Waals surface area contributed by atoms with Gasteiger partial charge in [0.1, 0.15) is 11.6 Å². The lowest BCUT2D eigenvalue weighted by atomic mass is 9.98. The lowest BCUT2D eigenvalue weighted by molar-refractivity contribution is 0.407. The van der Waals surface area contributed by atoms with E-state index < -0.39 is 0 Å². The van der Waals surface area contributed by atoms with Crippen LogP contribution in [0.15, 0.2) is 16.6 Å². The Morgan fingerprint density at radius 2 is 2.38 bits per heavy atom. The molecule has 0 aliphatic carbocycles. The number of nitrogens with one attached hydrogen (secondary N) is 1. The van der Waals surface area contributed by atoms with Gasteiger partial charge in [0.15, 0.2) is 0 Å². The molecule has 1 aromatic carbocycles. The fourth-order valence-corrected chi connectivity index (χ4v) is 2.63. The highest BCUT2D eigenvalue weighted by Gasteiger charge is 2.18. The van der Waals surface area contributed by atoms with Crippen LogP contribution in [0.25, 0.3) is 0 Å². The first kappa shape index (κ1) is 11.9. The van der Waals surface area contributed by atoms with E-state index in [0.717, 1.165) is 36.0 Å². The standard InChI is InChI=1S/C12H15BrFNO/c1-16-12-6-11(14)9(5-10(12)13)4-8-2-3-15-7-8/h5-6,8,15H,2-4,7H2,1H3. The largest absolute Gasteiger partial charge is 0.495 e. The van der Waals surface area contributed by atoms with Crippen LogP contribution >= 0.6 is 15.9 Å². The SMILES string of the molecule is COc1cc(F)c(CC2CCNC2)cc1Br. The predicted octanol–water partition coefficient (Wildman–Crippen LogP) is 2.75. The number of benzene rings is 1. The van der Waals surface area contributed by atoms with Crippen LogP contribution in [0.3, 0.4) is 0 Å². The molecule has 0 radical (unpaired) electrons. The van der Waals surface area contributed by atoms with E-state index in [4.69, 9.17) is 4.74 Å². The van der Waals surface area contributed by atoms with Gasteiger partial charge in [0.25, 0.3) is 0 Å². The van der Waals surface area contributed by atoms with Crippen molar-refractivity contribution in [3.05, 3.63) is 28.0 Å². The van der Waals surface area contributed by atoms with E-state index >= 15 is 0 Å². The van der Waals surface area contributed by atoms with E-state index in [0.29, 0.717) is 11.7 Å². The first-order valence-corrected chi connectivity index (χ1v) is 6.22. The Morgan fingerprint density at radius 1 is 1.56 bits per heavy atom. The molecule has 0 spiro atoms. The van der Waals surface area contributed by atoms with Gasteiger partial charge >= 0.3 is 0 Å². The maximum Gasteiger partial charge on any atom is 0.135 e. The maximum absolute atomic E-state index is 13.7. The summed E-state index contributed by atoms with van der Waals surface area (Å²) in [6, 6.07) is 3.27. The molecule has 0 bridgehead atoms. The van der Waals surface area contributed by atoms with Crippen molar-refractivity contribution in [3.63, 3.8) is 0 Å². The molecule has 88 valence electrons. The van der Waals surface area contributed by atoms with Crippen LogP contribution in [0.4, 0.5) is 4.39 Å². The number of hydrogen-bond acceptors (Lipinski definition) is 2. The first-order valence-electron chi connectivity index (χ1n) is 5.43. The van der Waals surface area contributed by atoms with Gasteiger partial charge < -0.3 is 10.1 Å². The summed E-state index contributed by atoms with van der Waals surface area (Å²) in [6.07, 6.45) is 1.92. The summed E-state index contributed by atoms with van der Waals surface area (Å²) >= 11 is 3.38. The van der Waals surface area contributed by atoms with E-state index in [2.05, 4.69) is 21.2 Å². The molecule has 1 saturated heterocycles. The second-order valence-corrected chi connectivity index (χ2v) is 5.00. The van der Waals surface area contributed by atoms with Crippen LogP contribution in [0.2, 0.25) is 0 Å². The average molecular weight is 288 g/mol. The summed E-state index contributed by atoms with van der Waals surface area (Å²) < 4.78 is 19.6. The number of hydrogen-bond donors (Lipinski definition) is 1. The van der Waals surface area contributed by atoms with Crippen LogP contribution in [-0.4, -0.2) is 20.2 Å². The van der Waals surface area contributed by atoms with Gasteiger partial charge in [-0.25, -0.2) is 4.39 Å². The van der Waals surface area contributed by atoms with Crippen molar-refractivity contribution < 1.29 is 9.13 Å². The Kier molecular flexibility index (Phi) is 3.82. The summed E-state index contributed by atoms with van der Waals surface area (Å²) in [7, 11) is 1.54. The predicted molar refractivity (Wildman–Crippen MR) is 65.3 cm³/mol. The zero-order valence-electron chi connectivity index (χ0n) is 9.22. The lowest BCUT2D eigenvalue weighted by Gasteiger charge is -2.11. The molecule has 1 fully saturated rings. The van der Waals surface area contributed by atoms with Crippen LogP contribution < -0.4 is 10.1 Å². The summed E-state index contributed by atoms with van der Waals surface area (Å²) in [5.74, 6) is 0.924. The molecule has 1 atom stereocenters. The van der Waals surface area contributed by atoms with Crippen molar-refractivity contribution in [2.45, 2.75) is 12.8 Å². The molecule has 0 aromatic heterocycles. The molecule has 1 unspecified atom stereocenters. The monoisotopic (exact) mass is 287 g/mol. The molecular weight excluding hydrogens is 273 g/mol. The van der Waals surface area contributed by atoms with Gasteiger partial charge in [-0.2, -0.15) is 0 Å². The average Bonchev–Trinajstić information content (AvgIpc) is 2.75. The number of ether oxygens (including phenoxy) is 1. The zero-order valence-corrected chi connectivity index (χ0v) is 10.8. The number of rotatable bonds is 3. The second kappa shape index (κ2) is 5.15. The quantitative estimate of drug-likeness (QED) is 0.923. The molecule has 0 saturated carbocycles. The van der Waals surface area contributed by atoms with Crippen molar-refractivity contribution in [1.82, 2.24) is 5.32 Å². The number of methoxy groups -OCH3 is 1. The molecule has 1 N–H and O–H groups in total. The summed E-state index contributed by atoms with van der Waals surface area (Å²) in [5.41, 5.74) is 0.765. The molecular formula is C12H15BrFNO. The topological polar surface area (TPSA) is 21.3 Å². The molecule has 2 rings (SSSR count). The van der Waals surface area contributed by atoms with Crippen molar-refractivity contribution in [2.75, 3.05) is 20.2 Å². The van der Waals surface area contributed by atoms with Gasteiger partial charge in [-0.05, 0) is 59.4 Å². The highest BCUT2D eigenvalue weighted by atomic mass is 79.9. The highest BCUT2D eigenvalue weighted by Crippen LogP contribution is 2.29. The summed E-state index contributed by atoms with van der Waals surface area (Å²) in [5, 5.41) is 3.29. The maximum atomic E-state index is 13.7. The third-order valence-corrected chi connectivity index (χ3v) is 3.61. The van der Waals surface area contributed by atoms with Gasteiger partial charge in [-0.3, -0.25) is 0 Å². The van der Waals surface area contributed by atoms with Crippen molar-refractivity contribution in [3.8, 4) is 5.75 Å². The minimum Gasteiger partial charge on any atom is -0.495 e. The minimum atomic E-state index is -0.174. The van der Waals surface area contributed by atoms with E-state index in [1.165, 1.54) is 6.07 Å². The zero-order chi connectivity index (χ0) is 11.5. The summed E-state index contributed by atoms with van der Waals surface area (Å²) in [6.45, 7) is 2.03. The third kappa shape index (κ3) is 2.55. The fourth-order valence-electron chi connectivity index (χ4n) is 2.08. The minimum absolute atomic E-state index is 0.174. The van der Waals surface area contributed by atoms with Crippen LogP contribution in [0.5, 0.6) is 5.75 Å². The Balaban J connectivity index is 2.17. The Hall–Kier alpha value is -0.610. The number of halogens is 2. The molecule has 16 heavy (non-hydrogen) atoms. The highest BCUT2D eigenvalue weighted by molar-refractivity contribution is 9.10. The lowest BCUT2D eigenvalue weighted by Crippen LogP contribution is -2.11. The first-order chi connectivity index (χ1) is 7.70. The second-order valence-electron chi connectivity index (χ2n) is 4.14.